The van der Waals surface area contributed by atoms with Crippen molar-refractivity contribution >= 4 is 23.4 Å². The molecule has 0 amide bonds. The first-order valence-electron chi connectivity index (χ1n) is 6.69. The molecule has 1 aliphatic carbocycles. The van der Waals surface area contributed by atoms with E-state index in [-0.39, 0.29) is 0 Å². The minimum atomic E-state index is 0.694. The van der Waals surface area contributed by atoms with Crippen molar-refractivity contribution in [2.24, 2.45) is 0 Å². The minimum absolute atomic E-state index is 0.694. The molecule has 1 aliphatic rings. The molecule has 104 valence electrons. The number of aryl methyl sites for hydroxylation is 1. The largest absolute Gasteiger partial charge is 0.310 e. The lowest BCUT2D eigenvalue weighted by atomic mass is 10.2. The molecule has 1 saturated carbocycles. The fraction of sp³-hybridized carbons (Fsp3) is 0.333. The number of hydrogen-bond donors (Lipinski definition) is 1. The lowest BCUT2D eigenvalue weighted by Crippen LogP contribution is -2.15. The molecule has 0 atom stereocenters. The first-order valence-corrected chi connectivity index (χ1v) is 7.88. The summed E-state index contributed by atoms with van der Waals surface area (Å²) in [7, 11) is 0. The van der Waals surface area contributed by atoms with Crippen LogP contribution < -0.4 is 5.32 Å². The van der Waals surface area contributed by atoms with E-state index in [0.29, 0.717) is 6.04 Å². The van der Waals surface area contributed by atoms with Crippen LogP contribution in [0.4, 0.5) is 0 Å². The number of halogens is 1. The molecule has 0 spiro atoms. The van der Waals surface area contributed by atoms with Crippen LogP contribution in [0.2, 0.25) is 5.02 Å². The van der Waals surface area contributed by atoms with E-state index in [1.165, 1.54) is 18.4 Å². The van der Waals surface area contributed by atoms with Gasteiger partial charge in [-0.1, -0.05) is 17.7 Å². The highest BCUT2D eigenvalue weighted by Gasteiger charge is 2.20. The zero-order valence-corrected chi connectivity index (χ0v) is 12.8. The highest BCUT2D eigenvalue weighted by atomic mass is 35.5. The average Bonchev–Trinajstić information content (AvgIpc) is 3.25. The quantitative estimate of drug-likeness (QED) is 0.852. The van der Waals surface area contributed by atoms with E-state index >= 15 is 0 Å². The van der Waals surface area contributed by atoms with Gasteiger partial charge in [-0.25, -0.2) is 9.97 Å². The van der Waals surface area contributed by atoms with Gasteiger partial charge < -0.3 is 5.32 Å². The van der Waals surface area contributed by atoms with Crippen LogP contribution in [0.5, 0.6) is 0 Å². The number of benzene rings is 1. The van der Waals surface area contributed by atoms with Crippen molar-refractivity contribution in [3.63, 3.8) is 0 Å². The predicted octanol–water partition coefficient (Wildman–Crippen LogP) is 3.84. The highest BCUT2D eigenvalue weighted by Crippen LogP contribution is 2.31. The Labute approximate surface area is 128 Å². The van der Waals surface area contributed by atoms with E-state index in [1.54, 1.807) is 11.8 Å². The molecule has 0 bridgehead atoms. The van der Waals surface area contributed by atoms with Crippen LogP contribution in [0, 0.1) is 6.92 Å². The maximum atomic E-state index is 6.11. The molecule has 5 heteroatoms. The molecule has 1 heterocycles. The highest BCUT2D eigenvalue weighted by molar-refractivity contribution is 7.99. The van der Waals surface area contributed by atoms with Crippen LogP contribution in [-0.4, -0.2) is 16.0 Å². The van der Waals surface area contributed by atoms with Crippen LogP contribution >= 0.6 is 23.4 Å². The van der Waals surface area contributed by atoms with Crippen molar-refractivity contribution in [1.29, 1.82) is 0 Å². The number of aromatic nitrogens is 2. The zero-order chi connectivity index (χ0) is 13.9. The molecule has 3 rings (SSSR count). The van der Waals surface area contributed by atoms with Crippen molar-refractivity contribution in [1.82, 2.24) is 15.3 Å². The zero-order valence-electron chi connectivity index (χ0n) is 11.3. The van der Waals surface area contributed by atoms with Gasteiger partial charge in [-0.2, -0.15) is 0 Å². The normalized spacial score (nSPS) is 14.5. The number of nitrogens with one attached hydrogen (secondary N) is 1. The van der Waals surface area contributed by atoms with Gasteiger partial charge in [0.1, 0.15) is 0 Å². The molecule has 1 fully saturated rings. The van der Waals surface area contributed by atoms with E-state index in [2.05, 4.69) is 21.4 Å². The third-order valence-electron chi connectivity index (χ3n) is 3.15. The second kappa shape index (κ2) is 6.12. The predicted molar refractivity (Wildman–Crippen MR) is 82.2 cm³/mol. The summed E-state index contributed by atoms with van der Waals surface area (Å²) in [4.78, 5) is 9.80. The molecular formula is C15H16ClN3S. The fourth-order valence-electron chi connectivity index (χ4n) is 1.84. The second-order valence-electron chi connectivity index (χ2n) is 5.05. The second-order valence-corrected chi connectivity index (χ2v) is 6.50. The summed E-state index contributed by atoms with van der Waals surface area (Å²) in [6.07, 6.45) is 6.25. The van der Waals surface area contributed by atoms with Crippen molar-refractivity contribution in [3.05, 3.63) is 46.7 Å². The van der Waals surface area contributed by atoms with Gasteiger partial charge in [-0.3, -0.25) is 0 Å². The van der Waals surface area contributed by atoms with Gasteiger partial charge in [0.15, 0.2) is 5.16 Å². The molecule has 2 aromatic rings. The van der Waals surface area contributed by atoms with Crippen molar-refractivity contribution in [2.45, 2.75) is 42.4 Å². The van der Waals surface area contributed by atoms with E-state index < -0.39 is 0 Å². The Morgan fingerprint density at radius 3 is 2.75 bits per heavy atom. The molecule has 1 N–H and O–H groups in total. The first-order chi connectivity index (χ1) is 9.70. The van der Waals surface area contributed by atoms with Crippen molar-refractivity contribution < 1.29 is 0 Å². The summed E-state index contributed by atoms with van der Waals surface area (Å²) in [5, 5.41) is 5.03. The Bertz CT molecular complexity index is 597. The van der Waals surface area contributed by atoms with E-state index in [9.17, 15) is 0 Å². The maximum Gasteiger partial charge on any atom is 0.192 e. The van der Waals surface area contributed by atoms with Gasteiger partial charge >= 0.3 is 0 Å². The van der Waals surface area contributed by atoms with Crippen molar-refractivity contribution in [2.75, 3.05) is 0 Å². The molecular weight excluding hydrogens is 290 g/mol. The van der Waals surface area contributed by atoms with Gasteiger partial charge in [0.2, 0.25) is 0 Å². The van der Waals surface area contributed by atoms with Gasteiger partial charge in [-0.05, 0) is 54.8 Å². The maximum absolute atomic E-state index is 6.11. The summed E-state index contributed by atoms with van der Waals surface area (Å²) in [6.45, 7) is 2.86. The molecule has 0 radical (unpaired) electrons. The number of nitrogens with zero attached hydrogens (tertiary/aromatic N) is 2. The Morgan fingerprint density at radius 1 is 1.30 bits per heavy atom. The summed E-state index contributed by atoms with van der Waals surface area (Å²) in [6, 6.07) is 6.69. The molecule has 20 heavy (non-hydrogen) atoms. The van der Waals surface area contributed by atoms with E-state index in [0.717, 1.165) is 27.2 Å². The van der Waals surface area contributed by atoms with Crippen LogP contribution in [0.25, 0.3) is 0 Å². The molecule has 1 aromatic heterocycles. The lowest BCUT2D eigenvalue weighted by molar-refractivity contribution is 0.680. The summed E-state index contributed by atoms with van der Waals surface area (Å²) >= 11 is 7.67. The van der Waals surface area contributed by atoms with Gasteiger partial charge in [-0.15, -0.1) is 0 Å². The smallest absolute Gasteiger partial charge is 0.192 e. The monoisotopic (exact) mass is 305 g/mol. The number of rotatable bonds is 5. The minimum Gasteiger partial charge on any atom is -0.310 e. The first kappa shape index (κ1) is 13.9. The summed E-state index contributed by atoms with van der Waals surface area (Å²) < 4.78 is 0. The van der Waals surface area contributed by atoms with Gasteiger partial charge in [0.05, 0.1) is 0 Å². The van der Waals surface area contributed by atoms with Crippen LogP contribution in [0.15, 0.2) is 40.6 Å². The van der Waals surface area contributed by atoms with Gasteiger partial charge in [0, 0.05) is 34.9 Å². The Hall–Kier alpha value is -1.10. The van der Waals surface area contributed by atoms with E-state index in [1.807, 2.05) is 31.5 Å². The topological polar surface area (TPSA) is 37.8 Å². The third kappa shape index (κ3) is 3.72. The molecule has 0 saturated heterocycles. The Balaban J connectivity index is 1.78. The molecule has 0 unspecified atom stereocenters. The molecule has 3 nitrogen and oxygen atoms in total. The average molecular weight is 306 g/mol. The van der Waals surface area contributed by atoms with Crippen LogP contribution in [0.1, 0.15) is 24.0 Å². The molecule has 1 aromatic carbocycles. The SMILES string of the molecule is Cc1cnc(Sc2cc(Cl)ccc2CNC2CC2)nc1. The summed E-state index contributed by atoms with van der Waals surface area (Å²) in [5.74, 6) is 0. The van der Waals surface area contributed by atoms with Crippen LogP contribution in [0.3, 0.4) is 0 Å². The molecule has 0 aliphatic heterocycles. The fourth-order valence-corrected chi connectivity index (χ4v) is 2.94. The van der Waals surface area contributed by atoms with Crippen molar-refractivity contribution in [3.8, 4) is 0 Å². The van der Waals surface area contributed by atoms with E-state index in [4.69, 9.17) is 11.6 Å². The van der Waals surface area contributed by atoms with Crippen LogP contribution in [-0.2, 0) is 6.54 Å². The van der Waals surface area contributed by atoms with Gasteiger partial charge in [0.25, 0.3) is 0 Å². The Kier molecular flexibility index (Phi) is 4.24. The summed E-state index contributed by atoms with van der Waals surface area (Å²) in [5.41, 5.74) is 2.31. The standard InChI is InChI=1S/C15H16ClN3S/c1-10-7-18-15(19-8-10)20-14-6-12(16)3-2-11(14)9-17-13-4-5-13/h2-3,6-8,13,17H,4-5,9H2,1H3. The number of hydrogen-bond acceptors (Lipinski definition) is 4. The third-order valence-corrected chi connectivity index (χ3v) is 4.37. The Morgan fingerprint density at radius 2 is 2.05 bits per heavy atom. The lowest BCUT2D eigenvalue weighted by Gasteiger charge is -2.10.